The minimum Gasteiger partial charge on any atom is -0.405 e. The fraction of sp³-hybridized carbons (Fsp3) is 0.0588. The highest BCUT2D eigenvalue weighted by Crippen LogP contribution is 2.31. The first kappa shape index (κ1) is 16.7. The molecule has 0 radical (unpaired) electrons. The summed E-state index contributed by atoms with van der Waals surface area (Å²) < 4.78 is 14.2. The second-order valence-corrected chi connectivity index (χ2v) is 5.21. The van der Waals surface area contributed by atoms with Crippen molar-refractivity contribution in [1.29, 1.82) is 0 Å². The zero-order valence-electron chi connectivity index (χ0n) is 12.4. The molecule has 3 N–H and O–H groups in total. The average molecular weight is 332 g/mol. The van der Waals surface area contributed by atoms with Crippen LogP contribution < -0.4 is 11.3 Å². The third-order valence-corrected chi connectivity index (χ3v) is 3.49. The number of nitrogens with zero attached hydrogens (tertiary/aromatic N) is 1. The Morgan fingerprint density at radius 3 is 2.65 bits per heavy atom. The maximum atomic E-state index is 14.2. The summed E-state index contributed by atoms with van der Waals surface area (Å²) in [4.78, 5) is 12.2. The van der Waals surface area contributed by atoms with E-state index in [-0.39, 0.29) is 11.1 Å². The predicted octanol–water partition coefficient (Wildman–Crippen LogP) is 3.74. The Kier molecular flexibility index (Phi) is 5.13. The van der Waals surface area contributed by atoms with Gasteiger partial charge in [0.05, 0.1) is 11.3 Å². The van der Waals surface area contributed by atoms with Crippen LogP contribution in [0.1, 0.15) is 11.3 Å². The minimum absolute atomic E-state index is 0.0419. The molecule has 0 atom stereocenters. The molecule has 0 spiro atoms. The summed E-state index contributed by atoms with van der Waals surface area (Å²) in [7, 11) is 0. The van der Waals surface area contributed by atoms with Crippen LogP contribution in [0.5, 0.6) is 0 Å². The number of H-pyrrole nitrogens is 1. The zero-order valence-corrected chi connectivity index (χ0v) is 13.2. The van der Waals surface area contributed by atoms with Crippen LogP contribution in [0.3, 0.4) is 0 Å². The predicted molar refractivity (Wildman–Crippen MR) is 91.6 cm³/mol. The number of allylic oxidation sites excluding steroid dienone is 4. The number of hydrogen-bond acceptors (Lipinski definition) is 3. The fourth-order valence-corrected chi connectivity index (χ4v) is 2.28. The van der Waals surface area contributed by atoms with E-state index in [0.717, 1.165) is 6.08 Å². The Bertz CT molecular complexity index is 851. The van der Waals surface area contributed by atoms with Gasteiger partial charge in [0, 0.05) is 16.2 Å². The van der Waals surface area contributed by atoms with Gasteiger partial charge in [0.15, 0.2) is 0 Å². The molecule has 0 unspecified atom stereocenters. The second kappa shape index (κ2) is 7.07. The summed E-state index contributed by atoms with van der Waals surface area (Å²) in [6.07, 6.45) is 3.66. The van der Waals surface area contributed by atoms with Gasteiger partial charge in [-0.15, -0.1) is 0 Å². The van der Waals surface area contributed by atoms with Crippen LogP contribution in [0.2, 0.25) is 5.02 Å². The largest absolute Gasteiger partial charge is 0.405 e. The molecule has 4 nitrogen and oxygen atoms in total. The average Bonchev–Trinajstić information content (AvgIpc) is 2.54. The Labute approximate surface area is 137 Å². The fourth-order valence-electron chi connectivity index (χ4n) is 2.16. The molecular weight excluding hydrogens is 317 g/mol. The molecule has 1 heterocycles. The summed E-state index contributed by atoms with van der Waals surface area (Å²) in [5.74, 6) is -0.655. The van der Waals surface area contributed by atoms with Crippen LogP contribution in [-0.4, -0.2) is 10.2 Å². The van der Waals surface area contributed by atoms with Crippen molar-refractivity contribution in [3.05, 3.63) is 81.7 Å². The Morgan fingerprint density at radius 2 is 2.04 bits per heavy atom. The van der Waals surface area contributed by atoms with E-state index in [9.17, 15) is 9.18 Å². The molecule has 0 fully saturated rings. The van der Waals surface area contributed by atoms with Gasteiger partial charge in [0.25, 0.3) is 5.56 Å². The highest BCUT2D eigenvalue weighted by Gasteiger charge is 2.18. The number of halogens is 2. The van der Waals surface area contributed by atoms with E-state index in [2.05, 4.69) is 16.8 Å². The number of nitrogens with two attached hydrogens (primary N) is 1. The number of aromatic nitrogens is 2. The van der Waals surface area contributed by atoms with Crippen LogP contribution in [0.15, 0.2) is 59.8 Å². The molecule has 0 bridgehead atoms. The van der Waals surface area contributed by atoms with E-state index in [1.54, 1.807) is 31.2 Å². The molecule has 0 aliphatic heterocycles. The molecule has 0 saturated heterocycles. The van der Waals surface area contributed by atoms with Crippen molar-refractivity contribution in [2.24, 2.45) is 5.73 Å². The smallest absolute Gasteiger partial charge is 0.272 e. The highest BCUT2D eigenvalue weighted by atomic mass is 35.5. The topological polar surface area (TPSA) is 71.8 Å². The van der Waals surface area contributed by atoms with Crippen molar-refractivity contribution < 1.29 is 4.39 Å². The standard InChI is InChI=1S/C17H15ClFN3O/c1-10(14(19)4-3-9-20)15-16(11(2)21-22-17(15)23)12-5-7-13(18)8-6-12/h3-9H,1,20H2,2H3,(H,22,23)/b9-3-,14-4+. The lowest BCUT2D eigenvalue weighted by Crippen LogP contribution is -2.17. The summed E-state index contributed by atoms with van der Waals surface area (Å²) >= 11 is 5.89. The Hall–Kier alpha value is -2.66. The Morgan fingerprint density at radius 1 is 1.39 bits per heavy atom. The first-order valence-electron chi connectivity index (χ1n) is 6.74. The second-order valence-electron chi connectivity index (χ2n) is 4.77. The molecule has 2 aromatic rings. The van der Waals surface area contributed by atoms with Crippen molar-refractivity contribution in [2.45, 2.75) is 6.92 Å². The van der Waals surface area contributed by atoms with Gasteiger partial charge in [-0.05, 0) is 43.0 Å². The van der Waals surface area contributed by atoms with E-state index in [1.807, 2.05) is 0 Å². The summed E-state index contributed by atoms with van der Waals surface area (Å²) in [5.41, 5.74) is 6.51. The monoisotopic (exact) mass is 331 g/mol. The molecule has 0 aliphatic carbocycles. The molecule has 6 heteroatoms. The molecule has 1 aromatic heterocycles. The highest BCUT2D eigenvalue weighted by molar-refractivity contribution is 6.30. The maximum absolute atomic E-state index is 14.2. The van der Waals surface area contributed by atoms with Crippen LogP contribution >= 0.6 is 11.6 Å². The quantitative estimate of drug-likeness (QED) is 0.838. The van der Waals surface area contributed by atoms with Gasteiger partial charge in [-0.2, -0.15) is 5.10 Å². The van der Waals surface area contributed by atoms with Gasteiger partial charge in [-0.25, -0.2) is 9.49 Å². The Balaban J connectivity index is 2.69. The van der Waals surface area contributed by atoms with Crippen molar-refractivity contribution >= 4 is 17.2 Å². The zero-order chi connectivity index (χ0) is 17.0. The SMILES string of the molecule is C=C(/C(F)=C\C=C/N)c1c(-c2ccc(Cl)cc2)c(C)n[nH]c1=O. The van der Waals surface area contributed by atoms with Gasteiger partial charge in [-0.1, -0.05) is 30.3 Å². The van der Waals surface area contributed by atoms with Gasteiger partial charge in [0.1, 0.15) is 5.83 Å². The van der Waals surface area contributed by atoms with E-state index >= 15 is 0 Å². The lowest BCUT2D eigenvalue weighted by Gasteiger charge is -2.12. The van der Waals surface area contributed by atoms with Gasteiger partial charge in [-0.3, -0.25) is 4.79 Å². The van der Waals surface area contributed by atoms with Crippen molar-refractivity contribution in [3.8, 4) is 11.1 Å². The van der Waals surface area contributed by atoms with Crippen LogP contribution in [0, 0.1) is 6.92 Å². The number of benzene rings is 1. The van der Waals surface area contributed by atoms with E-state index in [0.29, 0.717) is 21.8 Å². The molecule has 1 aromatic carbocycles. The lowest BCUT2D eigenvalue weighted by atomic mass is 9.95. The third kappa shape index (κ3) is 3.57. The molecule has 0 saturated carbocycles. The molecule has 0 amide bonds. The van der Waals surface area contributed by atoms with Crippen LogP contribution in [0.4, 0.5) is 4.39 Å². The van der Waals surface area contributed by atoms with Gasteiger partial charge < -0.3 is 5.73 Å². The van der Waals surface area contributed by atoms with Gasteiger partial charge in [0.2, 0.25) is 0 Å². The molecule has 2 rings (SSSR count). The molecular formula is C17H15ClFN3O. The molecule has 0 aliphatic rings. The normalized spacial score (nSPS) is 11.9. The van der Waals surface area contributed by atoms with Crippen molar-refractivity contribution in [2.75, 3.05) is 0 Å². The van der Waals surface area contributed by atoms with Crippen molar-refractivity contribution in [3.63, 3.8) is 0 Å². The number of aryl methyl sites for hydroxylation is 1. The lowest BCUT2D eigenvalue weighted by molar-refractivity contribution is 0.674. The number of aromatic amines is 1. The van der Waals surface area contributed by atoms with Crippen LogP contribution in [0.25, 0.3) is 16.7 Å². The van der Waals surface area contributed by atoms with Gasteiger partial charge >= 0.3 is 0 Å². The summed E-state index contributed by atoms with van der Waals surface area (Å²) in [6.45, 7) is 5.41. The number of hydrogen-bond donors (Lipinski definition) is 2. The first-order valence-corrected chi connectivity index (χ1v) is 7.12. The van der Waals surface area contributed by atoms with Crippen molar-refractivity contribution in [1.82, 2.24) is 10.2 Å². The summed E-state index contributed by atoms with van der Waals surface area (Å²) in [6, 6.07) is 6.86. The summed E-state index contributed by atoms with van der Waals surface area (Å²) in [5, 5.41) is 6.87. The minimum atomic E-state index is -0.655. The number of nitrogens with one attached hydrogen (secondary N) is 1. The maximum Gasteiger partial charge on any atom is 0.272 e. The van der Waals surface area contributed by atoms with E-state index < -0.39 is 11.4 Å². The van der Waals surface area contributed by atoms with E-state index in [4.69, 9.17) is 17.3 Å². The number of rotatable bonds is 4. The third-order valence-electron chi connectivity index (χ3n) is 3.24. The molecule has 118 valence electrons. The first-order chi connectivity index (χ1) is 11.0. The van der Waals surface area contributed by atoms with E-state index in [1.165, 1.54) is 12.3 Å². The molecule has 23 heavy (non-hydrogen) atoms. The van der Waals surface area contributed by atoms with Crippen LogP contribution in [-0.2, 0) is 0 Å².